The number of amides is 1. The highest BCUT2D eigenvalue weighted by Gasteiger charge is 2.15. The summed E-state index contributed by atoms with van der Waals surface area (Å²) >= 11 is 12.2. The lowest BCUT2D eigenvalue weighted by Gasteiger charge is -2.11. The molecule has 1 N–H and O–H groups in total. The summed E-state index contributed by atoms with van der Waals surface area (Å²) < 4.78 is 5.02. The van der Waals surface area contributed by atoms with Crippen LogP contribution in [0.5, 0.6) is 0 Å². The number of nitrogens with one attached hydrogen (secondary N) is 1. The molecule has 132 valence electrons. The smallest absolute Gasteiger partial charge is 0.357 e. The van der Waals surface area contributed by atoms with Crippen LogP contribution in [0.25, 0.3) is 10.9 Å². The van der Waals surface area contributed by atoms with Gasteiger partial charge in [-0.25, -0.2) is 9.78 Å². The van der Waals surface area contributed by atoms with E-state index in [1.54, 1.807) is 37.3 Å². The minimum absolute atomic E-state index is 0.128. The van der Waals surface area contributed by atoms with E-state index >= 15 is 0 Å². The van der Waals surface area contributed by atoms with Crippen LogP contribution in [0, 0.1) is 6.92 Å². The molecule has 26 heavy (non-hydrogen) atoms. The van der Waals surface area contributed by atoms with Gasteiger partial charge in [-0.15, -0.1) is 0 Å². The maximum atomic E-state index is 12.1. The molecule has 0 atom stereocenters. The lowest BCUT2D eigenvalue weighted by molar-refractivity contribution is -0.119. The predicted octanol–water partition coefficient (Wildman–Crippen LogP) is 4.65. The van der Waals surface area contributed by atoms with Gasteiger partial charge in [0.15, 0.2) is 6.61 Å². The maximum Gasteiger partial charge on any atom is 0.357 e. The van der Waals surface area contributed by atoms with Crippen molar-refractivity contribution in [3.8, 4) is 0 Å². The van der Waals surface area contributed by atoms with Gasteiger partial charge >= 0.3 is 5.97 Å². The van der Waals surface area contributed by atoms with Gasteiger partial charge in [-0.05, 0) is 30.7 Å². The number of benzene rings is 2. The van der Waals surface area contributed by atoms with Crippen molar-refractivity contribution >= 4 is 51.7 Å². The van der Waals surface area contributed by atoms with Gasteiger partial charge in [-0.1, -0.05) is 53.5 Å². The van der Waals surface area contributed by atoms with E-state index in [-0.39, 0.29) is 5.69 Å². The summed E-state index contributed by atoms with van der Waals surface area (Å²) in [6.07, 6.45) is 0. The second kappa shape index (κ2) is 7.72. The Morgan fingerprint density at radius 3 is 2.65 bits per heavy atom. The lowest BCUT2D eigenvalue weighted by Crippen LogP contribution is -2.21. The number of para-hydroxylation sites is 1. The normalized spacial score (nSPS) is 10.6. The average Bonchev–Trinajstić information content (AvgIpc) is 2.66. The van der Waals surface area contributed by atoms with Crippen LogP contribution >= 0.6 is 23.2 Å². The first-order valence-electron chi connectivity index (χ1n) is 7.73. The van der Waals surface area contributed by atoms with Crippen LogP contribution in [0.15, 0.2) is 48.5 Å². The molecule has 3 aromatic rings. The van der Waals surface area contributed by atoms with Crippen LogP contribution in [-0.4, -0.2) is 23.5 Å². The van der Waals surface area contributed by atoms with Crippen LogP contribution < -0.4 is 5.32 Å². The summed E-state index contributed by atoms with van der Waals surface area (Å²) in [7, 11) is 0. The topological polar surface area (TPSA) is 68.3 Å². The van der Waals surface area contributed by atoms with Gasteiger partial charge in [0.1, 0.15) is 5.69 Å². The molecule has 1 aromatic heterocycles. The molecule has 0 aliphatic carbocycles. The highest BCUT2D eigenvalue weighted by molar-refractivity contribution is 6.40. The van der Waals surface area contributed by atoms with E-state index in [9.17, 15) is 9.59 Å². The van der Waals surface area contributed by atoms with Crippen LogP contribution in [-0.2, 0) is 9.53 Å². The zero-order chi connectivity index (χ0) is 18.7. The van der Waals surface area contributed by atoms with Crippen molar-refractivity contribution in [1.82, 2.24) is 4.98 Å². The molecular formula is C19H14Cl2N2O3. The van der Waals surface area contributed by atoms with Gasteiger partial charge in [0.25, 0.3) is 5.91 Å². The van der Waals surface area contributed by atoms with Crippen LogP contribution in [0.3, 0.4) is 0 Å². The molecule has 5 nitrogen and oxygen atoms in total. The highest BCUT2D eigenvalue weighted by atomic mass is 35.5. The Bertz CT molecular complexity index is 1010. The van der Waals surface area contributed by atoms with Crippen molar-refractivity contribution in [1.29, 1.82) is 0 Å². The van der Waals surface area contributed by atoms with Gasteiger partial charge in [-0.3, -0.25) is 4.79 Å². The van der Waals surface area contributed by atoms with Crippen LogP contribution in [0.2, 0.25) is 10.0 Å². The van der Waals surface area contributed by atoms with Crippen molar-refractivity contribution in [2.45, 2.75) is 6.92 Å². The second-order valence-electron chi connectivity index (χ2n) is 5.57. The number of carbonyl (C=O) groups excluding carboxylic acids is 2. The zero-order valence-corrected chi connectivity index (χ0v) is 15.3. The van der Waals surface area contributed by atoms with Crippen molar-refractivity contribution in [2.24, 2.45) is 0 Å². The molecule has 1 heterocycles. The zero-order valence-electron chi connectivity index (χ0n) is 13.8. The fourth-order valence-corrected chi connectivity index (χ4v) is 2.80. The van der Waals surface area contributed by atoms with E-state index in [1.807, 2.05) is 18.2 Å². The quantitative estimate of drug-likeness (QED) is 0.660. The third kappa shape index (κ3) is 3.95. The van der Waals surface area contributed by atoms with E-state index in [0.717, 1.165) is 10.9 Å². The number of aryl methyl sites for hydroxylation is 1. The SMILES string of the molecule is Cc1ccc(Cl)c(NC(=O)COC(=O)c2ccc3ccccc3n2)c1Cl. The van der Waals surface area contributed by atoms with Crippen molar-refractivity contribution < 1.29 is 14.3 Å². The number of pyridine rings is 1. The molecule has 3 rings (SSSR count). The molecule has 0 saturated heterocycles. The standard InChI is InChI=1S/C19H14Cl2N2O3/c1-11-6-8-13(20)18(17(11)21)23-16(24)10-26-19(25)15-9-7-12-4-2-3-5-14(12)22-15/h2-9H,10H2,1H3,(H,23,24). The Morgan fingerprint density at radius 2 is 1.85 bits per heavy atom. The Hall–Kier alpha value is -2.63. The number of halogens is 2. The number of aromatic nitrogens is 1. The van der Waals surface area contributed by atoms with Crippen molar-refractivity contribution in [3.63, 3.8) is 0 Å². The molecule has 0 fully saturated rings. The highest BCUT2D eigenvalue weighted by Crippen LogP contribution is 2.32. The minimum atomic E-state index is -0.688. The molecule has 0 radical (unpaired) electrons. The van der Waals surface area contributed by atoms with Gasteiger partial charge in [0.05, 0.1) is 21.2 Å². The monoisotopic (exact) mass is 388 g/mol. The summed E-state index contributed by atoms with van der Waals surface area (Å²) in [6, 6.07) is 14.1. The largest absolute Gasteiger partial charge is 0.451 e. The third-order valence-corrected chi connectivity index (χ3v) is 4.49. The number of esters is 1. The van der Waals surface area contributed by atoms with Crippen molar-refractivity contribution in [3.05, 3.63) is 69.8 Å². The summed E-state index contributed by atoms with van der Waals surface area (Å²) in [5.41, 5.74) is 1.86. The molecule has 7 heteroatoms. The second-order valence-corrected chi connectivity index (χ2v) is 6.35. The summed E-state index contributed by atoms with van der Waals surface area (Å²) in [4.78, 5) is 28.4. The number of carbonyl (C=O) groups is 2. The number of hydrogen-bond acceptors (Lipinski definition) is 4. The molecule has 0 unspecified atom stereocenters. The Morgan fingerprint density at radius 1 is 1.08 bits per heavy atom. The summed E-state index contributed by atoms with van der Waals surface area (Å²) in [5, 5.41) is 4.11. The molecule has 0 aliphatic heterocycles. The number of fused-ring (bicyclic) bond motifs is 1. The Balaban J connectivity index is 1.65. The maximum absolute atomic E-state index is 12.1. The molecule has 0 aliphatic rings. The van der Waals surface area contributed by atoms with Crippen LogP contribution in [0.4, 0.5) is 5.69 Å². The lowest BCUT2D eigenvalue weighted by atomic mass is 10.2. The number of nitrogens with zero attached hydrogens (tertiary/aromatic N) is 1. The van der Waals surface area contributed by atoms with E-state index in [4.69, 9.17) is 27.9 Å². The average molecular weight is 389 g/mol. The molecule has 0 bridgehead atoms. The molecule has 1 amide bonds. The van der Waals surface area contributed by atoms with E-state index in [0.29, 0.717) is 21.2 Å². The van der Waals surface area contributed by atoms with Gasteiger partial charge in [0, 0.05) is 5.39 Å². The molecule has 2 aromatic carbocycles. The Labute approximate surface area is 159 Å². The first-order valence-corrected chi connectivity index (χ1v) is 8.48. The first kappa shape index (κ1) is 18.2. The number of anilines is 1. The number of ether oxygens (including phenoxy) is 1. The van der Waals surface area contributed by atoms with Crippen LogP contribution in [0.1, 0.15) is 16.1 Å². The summed E-state index contributed by atoms with van der Waals surface area (Å²) in [5.74, 6) is -1.24. The fourth-order valence-electron chi connectivity index (χ4n) is 2.33. The van der Waals surface area contributed by atoms with E-state index in [1.165, 1.54) is 0 Å². The molecule has 0 spiro atoms. The molecular weight excluding hydrogens is 375 g/mol. The predicted molar refractivity (Wildman–Crippen MR) is 102 cm³/mol. The first-order chi connectivity index (χ1) is 12.5. The minimum Gasteiger partial charge on any atom is -0.451 e. The van der Waals surface area contributed by atoms with Gasteiger partial charge in [-0.2, -0.15) is 0 Å². The van der Waals surface area contributed by atoms with Crippen molar-refractivity contribution in [2.75, 3.05) is 11.9 Å². The third-order valence-electron chi connectivity index (χ3n) is 3.69. The number of hydrogen-bond donors (Lipinski definition) is 1. The van der Waals surface area contributed by atoms with Gasteiger partial charge < -0.3 is 10.1 Å². The number of rotatable bonds is 4. The van der Waals surface area contributed by atoms with E-state index < -0.39 is 18.5 Å². The van der Waals surface area contributed by atoms with E-state index in [2.05, 4.69) is 10.3 Å². The Kier molecular flexibility index (Phi) is 5.40. The summed E-state index contributed by atoms with van der Waals surface area (Å²) in [6.45, 7) is 1.31. The fraction of sp³-hybridized carbons (Fsp3) is 0.105. The molecule has 0 saturated carbocycles. The van der Waals surface area contributed by atoms with Gasteiger partial charge in [0.2, 0.25) is 0 Å².